The van der Waals surface area contributed by atoms with Crippen molar-refractivity contribution in [3.05, 3.63) is 63.7 Å². The van der Waals surface area contributed by atoms with Crippen molar-refractivity contribution in [1.29, 1.82) is 0 Å². The molecular weight excluding hydrogens is 340 g/mol. The number of benzene rings is 2. The number of anilines is 1. The van der Waals surface area contributed by atoms with Crippen LogP contribution < -0.4 is 10.1 Å². The van der Waals surface area contributed by atoms with Crippen LogP contribution in [0.2, 0.25) is 0 Å². The lowest BCUT2D eigenvalue weighted by atomic mass is 10.1. The van der Waals surface area contributed by atoms with Crippen LogP contribution in [0.3, 0.4) is 0 Å². The molecule has 0 unspecified atom stereocenters. The summed E-state index contributed by atoms with van der Waals surface area (Å²) in [6.45, 7) is 1.45. The molecule has 0 aliphatic heterocycles. The van der Waals surface area contributed by atoms with Gasteiger partial charge in [-0.15, -0.1) is 0 Å². The first-order chi connectivity index (χ1) is 12.4. The summed E-state index contributed by atoms with van der Waals surface area (Å²) >= 11 is 0. The van der Waals surface area contributed by atoms with E-state index in [1.54, 1.807) is 24.3 Å². The van der Waals surface area contributed by atoms with E-state index >= 15 is 0 Å². The maximum absolute atomic E-state index is 12.4. The summed E-state index contributed by atoms with van der Waals surface area (Å²) in [6, 6.07) is 10.3. The molecular formula is C18H18N2O6. The quantitative estimate of drug-likeness (QED) is 0.351. The number of nitro benzene ring substituents is 1. The van der Waals surface area contributed by atoms with Gasteiger partial charge < -0.3 is 14.8 Å². The summed E-state index contributed by atoms with van der Waals surface area (Å²) in [5.41, 5.74) is 0.373. The Bertz CT molecular complexity index is 832. The van der Waals surface area contributed by atoms with Gasteiger partial charge in [-0.2, -0.15) is 0 Å². The molecule has 0 bridgehead atoms. The van der Waals surface area contributed by atoms with Crippen LogP contribution in [0, 0.1) is 10.1 Å². The number of nitro groups is 1. The Morgan fingerprint density at radius 2 is 1.73 bits per heavy atom. The summed E-state index contributed by atoms with van der Waals surface area (Å²) in [4.78, 5) is 35.0. The van der Waals surface area contributed by atoms with Gasteiger partial charge in [-0.05, 0) is 43.3 Å². The predicted molar refractivity (Wildman–Crippen MR) is 94.8 cm³/mol. The van der Waals surface area contributed by atoms with E-state index in [1.807, 2.05) is 0 Å². The molecule has 0 aliphatic rings. The van der Waals surface area contributed by atoms with Crippen molar-refractivity contribution in [3.8, 4) is 5.75 Å². The van der Waals surface area contributed by atoms with Crippen LogP contribution in [0.25, 0.3) is 0 Å². The highest BCUT2D eigenvalue weighted by Crippen LogP contribution is 2.25. The number of ether oxygens (including phenoxy) is 2. The second-order valence-electron chi connectivity index (χ2n) is 5.38. The van der Waals surface area contributed by atoms with Crippen molar-refractivity contribution in [1.82, 2.24) is 0 Å². The first kappa shape index (κ1) is 18.9. The van der Waals surface area contributed by atoms with Gasteiger partial charge >= 0.3 is 5.97 Å². The SMILES string of the molecule is CNc1ccc(C(=O)O[C@H](C)C(=O)c2ccc(OC)cc2)cc1[N+](=O)[O-]. The Morgan fingerprint density at radius 3 is 2.27 bits per heavy atom. The van der Waals surface area contributed by atoms with Gasteiger partial charge in [0.05, 0.1) is 17.6 Å². The molecule has 2 aromatic carbocycles. The Labute approximate surface area is 149 Å². The predicted octanol–water partition coefficient (Wildman–Crippen LogP) is 3.07. The van der Waals surface area contributed by atoms with Crippen LogP contribution in [0.5, 0.6) is 5.75 Å². The Balaban J connectivity index is 2.14. The van der Waals surface area contributed by atoms with E-state index < -0.39 is 17.0 Å². The number of esters is 1. The highest BCUT2D eigenvalue weighted by molar-refractivity contribution is 6.01. The molecule has 0 aromatic heterocycles. The molecule has 26 heavy (non-hydrogen) atoms. The van der Waals surface area contributed by atoms with Crippen molar-refractivity contribution in [2.24, 2.45) is 0 Å². The number of nitrogens with zero attached hydrogens (tertiary/aromatic N) is 1. The fourth-order valence-corrected chi connectivity index (χ4v) is 2.29. The van der Waals surface area contributed by atoms with E-state index in [1.165, 1.54) is 33.2 Å². The van der Waals surface area contributed by atoms with Crippen LogP contribution in [-0.2, 0) is 4.74 Å². The highest BCUT2D eigenvalue weighted by atomic mass is 16.6. The zero-order valence-corrected chi connectivity index (χ0v) is 14.5. The summed E-state index contributed by atoms with van der Waals surface area (Å²) < 4.78 is 10.2. The minimum atomic E-state index is -1.04. The van der Waals surface area contributed by atoms with E-state index in [2.05, 4.69) is 5.32 Å². The molecule has 1 atom stereocenters. The van der Waals surface area contributed by atoms with Crippen molar-refractivity contribution in [3.63, 3.8) is 0 Å². The summed E-state index contributed by atoms with van der Waals surface area (Å²) in [6.07, 6.45) is -1.04. The zero-order chi connectivity index (χ0) is 19.3. The second-order valence-corrected chi connectivity index (χ2v) is 5.38. The second kappa shape index (κ2) is 8.11. The van der Waals surface area contributed by atoms with Crippen LogP contribution in [0.4, 0.5) is 11.4 Å². The number of Topliss-reactive ketones (excluding diaryl/α,β-unsaturated/α-hetero) is 1. The molecule has 0 spiro atoms. The maximum atomic E-state index is 12.4. The summed E-state index contributed by atoms with van der Waals surface area (Å²) in [7, 11) is 3.05. The maximum Gasteiger partial charge on any atom is 0.339 e. The first-order valence-electron chi connectivity index (χ1n) is 7.72. The van der Waals surface area contributed by atoms with Crippen molar-refractivity contribution in [2.45, 2.75) is 13.0 Å². The largest absolute Gasteiger partial charge is 0.497 e. The van der Waals surface area contributed by atoms with Crippen molar-refractivity contribution < 1.29 is 24.0 Å². The fraction of sp³-hybridized carbons (Fsp3) is 0.222. The third kappa shape index (κ3) is 4.15. The average molecular weight is 358 g/mol. The molecule has 8 nitrogen and oxygen atoms in total. The Morgan fingerprint density at radius 1 is 1.12 bits per heavy atom. The molecule has 0 saturated carbocycles. The van der Waals surface area contributed by atoms with Gasteiger partial charge in [-0.25, -0.2) is 4.79 Å². The van der Waals surface area contributed by atoms with E-state index in [0.29, 0.717) is 11.3 Å². The molecule has 8 heteroatoms. The van der Waals surface area contributed by atoms with E-state index in [0.717, 1.165) is 6.07 Å². The smallest absolute Gasteiger partial charge is 0.339 e. The lowest BCUT2D eigenvalue weighted by Crippen LogP contribution is -2.24. The number of ketones is 1. The third-order valence-corrected chi connectivity index (χ3v) is 3.73. The van der Waals surface area contributed by atoms with Crippen LogP contribution in [-0.4, -0.2) is 36.9 Å². The number of nitrogens with one attached hydrogen (secondary N) is 1. The molecule has 0 aliphatic carbocycles. The number of rotatable bonds is 7. The first-order valence-corrected chi connectivity index (χ1v) is 7.72. The Hall–Kier alpha value is -3.42. The Kier molecular flexibility index (Phi) is 5.90. The summed E-state index contributed by atoms with van der Waals surface area (Å²) in [5.74, 6) is -0.601. The standard InChI is InChI=1S/C18H18N2O6/c1-11(17(21)12-4-7-14(25-3)8-5-12)26-18(22)13-6-9-15(19-2)16(10-13)20(23)24/h4-11,19H,1-3H3/t11-/m1/s1. The monoisotopic (exact) mass is 358 g/mol. The van der Waals surface area contributed by atoms with E-state index in [4.69, 9.17) is 9.47 Å². The van der Waals surface area contributed by atoms with Gasteiger partial charge in [0.2, 0.25) is 5.78 Å². The molecule has 1 N–H and O–H groups in total. The molecule has 2 rings (SSSR count). The van der Waals surface area contributed by atoms with Crippen LogP contribution in [0.1, 0.15) is 27.6 Å². The van der Waals surface area contributed by atoms with Crippen molar-refractivity contribution in [2.75, 3.05) is 19.5 Å². The fourth-order valence-electron chi connectivity index (χ4n) is 2.29. The minimum absolute atomic E-state index is 0.00918. The number of hydrogen-bond donors (Lipinski definition) is 1. The van der Waals surface area contributed by atoms with Crippen molar-refractivity contribution >= 4 is 23.1 Å². The molecule has 136 valence electrons. The molecule has 0 saturated heterocycles. The molecule has 2 aromatic rings. The van der Waals surface area contributed by atoms with Gasteiger partial charge in [0.25, 0.3) is 5.69 Å². The lowest BCUT2D eigenvalue weighted by molar-refractivity contribution is -0.384. The number of carbonyl (C=O) groups excluding carboxylic acids is 2. The van der Waals surface area contributed by atoms with Gasteiger partial charge in [-0.1, -0.05) is 0 Å². The van der Waals surface area contributed by atoms with Gasteiger partial charge in [0.1, 0.15) is 11.4 Å². The summed E-state index contributed by atoms with van der Waals surface area (Å²) in [5, 5.41) is 13.7. The normalized spacial score (nSPS) is 11.3. The van der Waals surface area contributed by atoms with Crippen LogP contribution >= 0.6 is 0 Å². The zero-order valence-electron chi connectivity index (χ0n) is 14.5. The van der Waals surface area contributed by atoms with Crippen LogP contribution in [0.15, 0.2) is 42.5 Å². The number of methoxy groups -OCH3 is 1. The minimum Gasteiger partial charge on any atom is -0.497 e. The topological polar surface area (TPSA) is 108 Å². The number of hydrogen-bond acceptors (Lipinski definition) is 7. The molecule has 0 fully saturated rings. The highest BCUT2D eigenvalue weighted by Gasteiger charge is 2.23. The van der Waals surface area contributed by atoms with Gasteiger partial charge in [0.15, 0.2) is 6.10 Å². The van der Waals surface area contributed by atoms with Gasteiger partial charge in [0, 0.05) is 18.7 Å². The lowest BCUT2D eigenvalue weighted by Gasteiger charge is -2.13. The average Bonchev–Trinajstić information content (AvgIpc) is 2.66. The van der Waals surface area contributed by atoms with E-state index in [-0.39, 0.29) is 22.7 Å². The van der Waals surface area contributed by atoms with Gasteiger partial charge in [-0.3, -0.25) is 14.9 Å². The van der Waals surface area contributed by atoms with E-state index in [9.17, 15) is 19.7 Å². The third-order valence-electron chi connectivity index (χ3n) is 3.73. The number of carbonyl (C=O) groups is 2. The molecule has 0 amide bonds. The molecule has 0 radical (unpaired) electrons. The molecule has 0 heterocycles.